The van der Waals surface area contributed by atoms with E-state index in [-0.39, 0.29) is 35.9 Å². The van der Waals surface area contributed by atoms with Crippen LogP contribution in [0, 0.1) is 5.82 Å². The molecule has 0 unspecified atom stereocenters. The zero-order valence-corrected chi connectivity index (χ0v) is 17.1. The van der Waals surface area contributed by atoms with Gasteiger partial charge in [-0.2, -0.15) is 0 Å². The predicted molar refractivity (Wildman–Crippen MR) is 110 cm³/mol. The first-order valence-corrected chi connectivity index (χ1v) is 9.28. The zero-order valence-electron chi connectivity index (χ0n) is 14.0. The molecule has 0 saturated heterocycles. The van der Waals surface area contributed by atoms with Gasteiger partial charge in [0.2, 0.25) is 0 Å². The molecule has 1 saturated carbocycles. The van der Waals surface area contributed by atoms with Crippen LogP contribution >= 0.6 is 35.7 Å². The number of nitrogens with one attached hydrogen (secondary N) is 2. The van der Waals surface area contributed by atoms with Crippen LogP contribution in [0.3, 0.4) is 0 Å². The van der Waals surface area contributed by atoms with Gasteiger partial charge in [0.15, 0.2) is 5.96 Å². The second-order valence-corrected chi connectivity index (χ2v) is 6.83. The number of hydrogen-bond donors (Lipinski definition) is 3. The van der Waals surface area contributed by atoms with Gasteiger partial charge in [-0.3, -0.25) is 4.99 Å². The van der Waals surface area contributed by atoms with Gasteiger partial charge in [0.1, 0.15) is 5.82 Å². The molecule has 4 nitrogen and oxygen atoms in total. The highest BCUT2D eigenvalue weighted by Crippen LogP contribution is 2.21. The van der Waals surface area contributed by atoms with E-state index in [2.05, 4.69) is 15.6 Å². The van der Waals surface area contributed by atoms with Crippen molar-refractivity contribution >= 4 is 41.7 Å². The molecule has 7 heteroatoms. The maximum Gasteiger partial charge on any atom is 0.191 e. The van der Waals surface area contributed by atoms with Gasteiger partial charge in [0.05, 0.1) is 12.6 Å². The van der Waals surface area contributed by atoms with Gasteiger partial charge < -0.3 is 15.7 Å². The average molecular weight is 467 g/mol. The van der Waals surface area contributed by atoms with Crippen LogP contribution < -0.4 is 10.6 Å². The minimum Gasteiger partial charge on any atom is -0.393 e. The lowest BCUT2D eigenvalue weighted by atomic mass is 9.93. The summed E-state index contributed by atoms with van der Waals surface area (Å²) in [7, 11) is 0. The summed E-state index contributed by atoms with van der Waals surface area (Å²) in [5.74, 6) is 1.37. The SMILES string of the molecule is CCNC(=NCCSc1ccccc1F)NC1CCC(O)CC1.I. The largest absolute Gasteiger partial charge is 0.393 e. The molecule has 0 bridgehead atoms. The Balaban J connectivity index is 0.00000288. The smallest absolute Gasteiger partial charge is 0.191 e. The number of rotatable bonds is 6. The van der Waals surface area contributed by atoms with Crippen molar-refractivity contribution in [2.24, 2.45) is 4.99 Å². The number of aliphatic imine (C=N–C) groups is 1. The number of guanidine groups is 1. The topological polar surface area (TPSA) is 56.7 Å². The highest BCUT2D eigenvalue weighted by Gasteiger charge is 2.19. The Morgan fingerprint density at radius 2 is 2.00 bits per heavy atom. The minimum atomic E-state index is -0.174. The van der Waals surface area contributed by atoms with Crippen LogP contribution in [-0.2, 0) is 0 Å². The maximum atomic E-state index is 13.5. The van der Waals surface area contributed by atoms with Crippen molar-refractivity contribution in [1.29, 1.82) is 0 Å². The van der Waals surface area contributed by atoms with Crippen molar-refractivity contribution in [3.63, 3.8) is 0 Å². The predicted octanol–water partition coefficient (Wildman–Crippen LogP) is 3.39. The number of aliphatic hydroxyl groups is 1. The van der Waals surface area contributed by atoms with E-state index in [0.717, 1.165) is 43.9 Å². The number of aliphatic hydroxyl groups excluding tert-OH is 1. The lowest BCUT2D eigenvalue weighted by Gasteiger charge is -2.27. The Labute approximate surface area is 165 Å². The summed E-state index contributed by atoms with van der Waals surface area (Å²) in [4.78, 5) is 5.23. The quantitative estimate of drug-likeness (QED) is 0.197. The van der Waals surface area contributed by atoms with Crippen molar-refractivity contribution < 1.29 is 9.50 Å². The van der Waals surface area contributed by atoms with E-state index in [1.54, 1.807) is 12.1 Å². The summed E-state index contributed by atoms with van der Waals surface area (Å²) in [6.07, 6.45) is 3.48. The molecule has 0 aromatic heterocycles. The van der Waals surface area contributed by atoms with Crippen molar-refractivity contribution in [2.75, 3.05) is 18.8 Å². The minimum absolute atomic E-state index is 0. The van der Waals surface area contributed by atoms with Crippen LogP contribution in [0.4, 0.5) is 4.39 Å². The first kappa shape index (κ1) is 21.5. The molecule has 0 aliphatic heterocycles. The van der Waals surface area contributed by atoms with Gasteiger partial charge in [-0.05, 0) is 44.7 Å². The van der Waals surface area contributed by atoms with Crippen LogP contribution in [0.15, 0.2) is 34.2 Å². The standard InChI is InChI=1S/C17H26FN3OS.HI/c1-2-19-17(21-13-7-9-14(22)10-8-13)20-11-12-23-16-6-4-3-5-15(16)18;/h3-6,13-14,22H,2,7-12H2,1H3,(H2,19,20,21);1H. The summed E-state index contributed by atoms with van der Waals surface area (Å²) < 4.78 is 13.5. The van der Waals surface area contributed by atoms with Gasteiger partial charge >= 0.3 is 0 Å². The molecule has 0 heterocycles. The van der Waals surface area contributed by atoms with Gasteiger partial charge in [-0.1, -0.05) is 12.1 Å². The molecular weight excluding hydrogens is 440 g/mol. The van der Waals surface area contributed by atoms with Gasteiger partial charge in [-0.25, -0.2) is 4.39 Å². The number of halogens is 2. The van der Waals surface area contributed by atoms with Crippen LogP contribution in [-0.4, -0.2) is 42.1 Å². The van der Waals surface area contributed by atoms with Crippen molar-refractivity contribution in [2.45, 2.75) is 49.6 Å². The maximum absolute atomic E-state index is 13.5. The first-order chi connectivity index (χ1) is 11.2. The first-order valence-electron chi connectivity index (χ1n) is 8.29. The molecule has 136 valence electrons. The van der Waals surface area contributed by atoms with Gasteiger partial charge in [-0.15, -0.1) is 35.7 Å². The Hall–Kier alpha value is -0.540. The fourth-order valence-corrected chi connectivity index (χ4v) is 3.39. The summed E-state index contributed by atoms with van der Waals surface area (Å²) in [6, 6.07) is 7.19. The highest BCUT2D eigenvalue weighted by atomic mass is 127. The molecule has 1 aromatic carbocycles. The Bertz CT molecular complexity index is 510. The average Bonchev–Trinajstić information content (AvgIpc) is 2.55. The summed E-state index contributed by atoms with van der Waals surface area (Å²) in [5.41, 5.74) is 0. The lowest BCUT2D eigenvalue weighted by Crippen LogP contribution is -2.45. The molecule has 0 atom stereocenters. The van der Waals surface area contributed by atoms with Gasteiger partial charge in [0, 0.05) is 23.2 Å². The summed E-state index contributed by atoms with van der Waals surface area (Å²) >= 11 is 1.48. The van der Waals surface area contributed by atoms with E-state index in [0.29, 0.717) is 17.5 Å². The van der Waals surface area contributed by atoms with Crippen LogP contribution in [0.1, 0.15) is 32.6 Å². The Morgan fingerprint density at radius 1 is 1.29 bits per heavy atom. The third-order valence-electron chi connectivity index (χ3n) is 3.84. The van der Waals surface area contributed by atoms with E-state index in [4.69, 9.17) is 0 Å². The number of hydrogen-bond acceptors (Lipinski definition) is 3. The molecule has 2 rings (SSSR count). The van der Waals surface area contributed by atoms with E-state index in [1.807, 2.05) is 13.0 Å². The van der Waals surface area contributed by atoms with Crippen molar-refractivity contribution in [1.82, 2.24) is 10.6 Å². The van der Waals surface area contributed by atoms with Gasteiger partial charge in [0.25, 0.3) is 0 Å². The Kier molecular flexibility index (Phi) is 10.7. The molecule has 1 fully saturated rings. The third kappa shape index (κ3) is 7.57. The monoisotopic (exact) mass is 467 g/mol. The van der Waals surface area contributed by atoms with Crippen LogP contribution in [0.5, 0.6) is 0 Å². The molecule has 0 radical (unpaired) electrons. The molecule has 1 aliphatic carbocycles. The van der Waals surface area contributed by atoms with Crippen molar-refractivity contribution in [3.8, 4) is 0 Å². The molecule has 0 amide bonds. The fraction of sp³-hybridized carbons (Fsp3) is 0.588. The van der Waals surface area contributed by atoms with E-state index in [9.17, 15) is 9.50 Å². The molecule has 0 spiro atoms. The molecule has 3 N–H and O–H groups in total. The normalized spacial score (nSPS) is 21.0. The van der Waals surface area contributed by atoms with Crippen LogP contribution in [0.2, 0.25) is 0 Å². The number of benzene rings is 1. The third-order valence-corrected chi connectivity index (χ3v) is 4.87. The second kappa shape index (κ2) is 11.9. The molecule has 1 aromatic rings. The summed E-state index contributed by atoms with van der Waals surface area (Å²) in [5, 5.41) is 16.2. The molecular formula is C17H27FIN3OS. The highest BCUT2D eigenvalue weighted by molar-refractivity contribution is 14.0. The summed E-state index contributed by atoms with van der Waals surface area (Å²) in [6.45, 7) is 3.47. The van der Waals surface area contributed by atoms with E-state index in [1.165, 1.54) is 17.8 Å². The van der Waals surface area contributed by atoms with Crippen molar-refractivity contribution in [3.05, 3.63) is 30.1 Å². The second-order valence-electron chi connectivity index (χ2n) is 5.69. The van der Waals surface area contributed by atoms with E-state index < -0.39 is 0 Å². The zero-order chi connectivity index (χ0) is 16.5. The fourth-order valence-electron chi connectivity index (χ4n) is 2.61. The lowest BCUT2D eigenvalue weighted by molar-refractivity contribution is 0.120. The van der Waals surface area contributed by atoms with Crippen LogP contribution in [0.25, 0.3) is 0 Å². The molecule has 1 aliphatic rings. The number of thioether (sulfide) groups is 1. The Morgan fingerprint density at radius 3 is 2.67 bits per heavy atom. The van der Waals surface area contributed by atoms with E-state index >= 15 is 0 Å². The molecule has 24 heavy (non-hydrogen) atoms. The number of nitrogens with zero attached hydrogens (tertiary/aromatic N) is 1.